The normalized spacial score (nSPS) is 22.0. The number of nitrogens with one attached hydrogen (secondary N) is 1. The highest BCUT2D eigenvalue weighted by atomic mass is 16.5. The molecule has 0 radical (unpaired) electrons. The van der Waals surface area contributed by atoms with E-state index in [1.165, 1.54) is 18.4 Å². The van der Waals surface area contributed by atoms with Crippen LogP contribution in [0.5, 0.6) is 5.75 Å². The highest BCUT2D eigenvalue weighted by Gasteiger charge is 2.45. The molecular weight excluding hydrogens is 422 g/mol. The molecule has 2 aliphatic rings. The SMILES string of the molecule is CNC(=O)C1CC(O)CN1C(=O)[C@@H](n1cc(-c2ccc(OC3CCC3)cc2)nn1)C(C)(C)C. The van der Waals surface area contributed by atoms with Crippen molar-refractivity contribution in [2.45, 2.75) is 70.7 Å². The predicted molar refractivity (Wildman–Crippen MR) is 122 cm³/mol. The number of amides is 2. The van der Waals surface area contributed by atoms with Crippen LogP contribution in [0.2, 0.25) is 0 Å². The fourth-order valence-electron chi connectivity index (χ4n) is 4.43. The Labute approximate surface area is 194 Å². The average molecular weight is 456 g/mol. The van der Waals surface area contributed by atoms with Crippen LogP contribution in [0, 0.1) is 5.41 Å². The molecule has 33 heavy (non-hydrogen) atoms. The fourth-order valence-corrected chi connectivity index (χ4v) is 4.43. The Morgan fingerprint density at radius 2 is 1.91 bits per heavy atom. The topological polar surface area (TPSA) is 110 Å². The minimum atomic E-state index is -0.733. The van der Waals surface area contributed by atoms with Gasteiger partial charge in [-0.1, -0.05) is 26.0 Å². The maximum Gasteiger partial charge on any atom is 0.248 e. The van der Waals surface area contributed by atoms with Gasteiger partial charge in [0.2, 0.25) is 11.8 Å². The Hall–Kier alpha value is -2.94. The van der Waals surface area contributed by atoms with Gasteiger partial charge in [-0.25, -0.2) is 4.68 Å². The molecule has 1 aromatic carbocycles. The van der Waals surface area contributed by atoms with Gasteiger partial charge in [0, 0.05) is 25.6 Å². The lowest BCUT2D eigenvalue weighted by atomic mass is 9.85. The summed E-state index contributed by atoms with van der Waals surface area (Å²) in [6.07, 6.45) is 5.00. The van der Waals surface area contributed by atoms with Gasteiger partial charge in [0.15, 0.2) is 0 Å². The molecule has 1 aliphatic carbocycles. The van der Waals surface area contributed by atoms with Crippen molar-refractivity contribution in [3.63, 3.8) is 0 Å². The minimum Gasteiger partial charge on any atom is -0.490 e. The Balaban J connectivity index is 1.56. The van der Waals surface area contributed by atoms with Crippen LogP contribution in [-0.4, -0.2) is 68.7 Å². The number of carbonyl (C=O) groups is 2. The number of benzene rings is 1. The second kappa shape index (κ2) is 9.13. The van der Waals surface area contributed by atoms with Gasteiger partial charge in [0.25, 0.3) is 0 Å². The highest BCUT2D eigenvalue weighted by molar-refractivity contribution is 5.90. The van der Waals surface area contributed by atoms with Gasteiger partial charge in [-0.3, -0.25) is 9.59 Å². The Bertz CT molecular complexity index is 993. The second-order valence-corrected chi connectivity index (χ2v) is 10.1. The summed E-state index contributed by atoms with van der Waals surface area (Å²) in [5.41, 5.74) is 1.03. The van der Waals surface area contributed by atoms with E-state index < -0.39 is 23.6 Å². The van der Waals surface area contributed by atoms with Gasteiger partial charge in [-0.15, -0.1) is 5.10 Å². The first-order chi connectivity index (χ1) is 15.7. The zero-order chi connectivity index (χ0) is 23.8. The number of likely N-dealkylation sites (N-methyl/N-ethyl adjacent to an activating group) is 1. The second-order valence-electron chi connectivity index (χ2n) is 10.1. The van der Waals surface area contributed by atoms with Crippen LogP contribution in [0.15, 0.2) is 30.5 Å². The number of nitrogens with zero attached hydrogens (tertiary/aromatic N) is 4. The molecule has 9 nitrogen and oxygen atoms in total. The number of rotatable bonds is 6. The number of hydrogen-bond donors (Lipinski definition) is 2. The van der Waals surface area contributed by atoms with Crippen molar-refractivity contribution in [3.05, 3.63) is 30.5 Å². The number of hydrogen-bond acceptors (Lipinski definition) is 6. The monoisotopic (exact) mass is 455 g/mol. The fraction of sp³-hybridized carbons (Fsp3) is 0.583. The summed E-state index contributed by atoms with van der Waals surface area (Å²) in [5, 5.41) is 21.3. The molecule has 2 unspecified atom stereocenters. The zero-order valence-electron chi connectivity index (χ0n) is 19.7. The van der Waals surface area contributed by atoms with Crippen LogP contribution in [-0.2, 0) is 9.59 Å². The first-order valence-electron chi connectivity index (χ1n) is 11.6. The van der Waals surface area contributed by atoms with Gasteiger partial charge in [0.1, 0.15) is 23.5 Å². The molecule has 0 spiro atoms. The third-order valence-corrected chi connectivity index (χ3v) is 6.45. The molecular formula is C24H33N5O4. The molecule has 0 bridgehead atoms. The first kappa shape index (κ1) is 23.2. The molecule has 2 heterocycles. The first-order valence-corrected chi connectivity index (χ1v) is 11.6. The average Bonchev–Trinajstić information content (AvgIpc) is 3.36. The van der Waals surface area contributed by atoms with Crippen LogP contribution in [0.1, 0.15) is 52.5 Å². The maximum absolute atomic E-state index is 13.6. The summed E-state index contributed by atoms with van der Waals surface area (Å²) in [6.45, 7) is 5.97. The van der Waals surface area contributed by atoms with Gasteiger partial charge in [-0.05, 0) is 48.9 Å². The van der Waals surface area contributed by atoms with Crippen LogP contribution in [0.25, 0.3) is 11.3 Å². The number of ether oxygens (including phenoxy) is 1. The standard InChI is InChI=1S/C24H33N5O4/c1-24(2,3)21(23(32)28-13-16(30)12-20(28)22(31)25-4)29-14-19(26-27-29)15-8-10-18(11-9-15)33-17-6-5-7-17/h8-11,14,16-17,20-21,30H,5-7,12-13H2,1-4H3,(H,25,31)/t16?,20?,21-/m1/s1. The molecule has 178 valence electrons. The quantitative estimate of drug-likeness (QED) is 0.691. The zero-order valence-corrected chi connectivity index (χ0v) is 19.7. The van der Waals surface area contributed by atoms with E-state index in [1.54, 1.807) is 10.9 Å². The molecule has 1 saturated heterocycles. The van der Waals surface area contributed by atoms with Crippen molar-refractivity contribution in [2.75, 3.05) is 13.6 Å². The van der Waals surface area contributed by atoms with E-state index in [2.05, 4.69) is 15.6 Å². The van der Waals surface area contributed by atoms with E-state index in [-0.39, 0.29) is 24.8 Å². The van der Waals surface area contributed by atoms with E-state index >= 15 is 0 Å². The van der Waals surface area contributed by atoms with Gasteiger partial charge in [0.05, 0.1) is 18.4 Å². The van der Waals surface area contributed by atoms with Gasteiger partial charge >= 0.3 is 0 Å². The Morgan fingerprint density at radius 1 is 1.21 bits per heavy atom. The molecule has 1 aliphatic heterocycles. The van der Waals surface area contributed by atoms with E-state index in [4.69, 9.17) is 4.74 Å². The lowest BCUT2D eigenvalue weighted by molar-refractivity contribution is -0.144. The molecule has 1 aromatic heterocycles. The van der Waals surface area contributed by atoms with Crippen molar-refractivity contribution in [1.29, 1.82) is 0 Å². The van der Waals surface area contributed by atoms with E-state index in [1.807, 2.05) is 45.0 Å². The number of aromatic nitrogens is 3. The van der Waals surface area contributed by atoms with Crippen LogP contribution >= 0.6 is 0 Å². The molecule has 9 heteroatoms. The highest BCUT2D eigenvalue weighted by Crippen LogP contribution is 2.35. The molecule has 1 saturated carbocycles. The van der Waals surface area contributed by atoms with E-state index in [0.29, 0.717) is 11.8 Å². The molecule has 2 fully saturated rings. The van der Waals surface area contributed by atoms with Crippen molar-refractivity contribution in [1.82, 2.24) is 25.2 Å². The van der Waals surface area contributed by atoms with Crippen molar-refractivity contribution >= 4 is 11.8 Å². The number of aliphatic hydroxyl groups excluding tert-OH is 1. The van der Waals surface area contributed by atoms with Crippen molar-refractivity contribution in [3.8, 4) is 17.0 Å². The molecule has 3 atom stereocenters. The van der Waals surface area contributed by atoms with Crippen molar-refractivity contribution in [2.24, 2.45) is 5.41 Å². The lowest BCUT2D eigenvalue weighted by Gasteiger charge is -2.34. The maximum atomic E-state index is 13.6. The van der Waals surface area contributed by atoms with Crippen LogP contribution in [0.4, 0.5) is 0 Å². The summed E-state index contributed by atoms with van der Waals surface area (Å²) in [4.78, 5) is 27.4. The predicted octanol–water partition coefficient (Wildman–Crippen LogP) is 2.17. The summed E-state index contributed by atoms with van der Waals surface area (Å²) in [5.74, 6) is 0.302. The van der Waals surface area contributed by atoms with E-state index in [0.717, 1.165) is 24.2 Å². The number of aliphatic hydroxyl groups is 1. The summed E-state index contributed by atoms with van der Waals surface area (Å²) in [6, 6.07) is 6.35. The number of likely N-dealkylation sites (tertiary alicyclic amines) is 1. The van der Waals surface area contributed by atoms with Crippen LogP contribution in [0.3, 0.4) is 0 Å². The molecule has 4 rings (SSSR count). The third-order valence-electron chi connectivity index (χ3n) is 6.45. The lowest BCUT2D eigenvalue weighted by Crippen LogP contribution is -2.49. The number of carbonyl (C=O) groups excluding carboxylic acids is 2. The molecule has 2 N–H and O–H groups in total. The van der Waals surface area contributed by atoms with Crippen molar-refractivity contribution < 1.29 is 19.4 Å². The molecule has 2 amide bonds. The van der Waals surface area contributed by atoms with E-state index in [9.17, 15) is 14.7 Å². The smallest absolute Gasteiger partial charge is 0.248 e. The van der Waals surface area contributed by atoms with Crippen LogP contribution < -0.4 is 10.1 Å². The molecule has 2 aromatic rings. The summed E-state index contributed by atoms with van der Waals surface area (Å²) in [7, 11) is 1.53. The van der Waals surface area contributed by atoms with Gasteiger partial charge in [-0.2, -0.15) is 0 Å². The minimum absolute atomic E-state index is 0.119. The summed E-state index contributed by atoms with van der Waals surface area (Å²) < 4.78 is 7.49. The Morgan fingerprint density at radius 3 is 2.48 bits per heavy atom. The summed E-state index contributed by atoms with van der Waals surface area (Å²) >= 11 is 0. The third kappa shape index (κ3) is 4.88. The number of β-amino-alcohol motifs (C(OH)–C–C–N with tert-alkyl or cyclic N) is 1. The van der Waals surface area contributed by atoms with Gasteiger partial charge < -0.3 is 20.1 Å². The largest absolute Gasteiger partial charge is 0.490 e. The Kier molecular flexibility index (Phi) is 6.43.